The van der Waals surface area contributed by atoms with Crippen molar-refractivity contribution in [3.63, 3.8) is 0 Å². The largest absolute Gasteiger partial charge is 0.455 e. The van der Waals surface area contributed by atoms with Crippen LogP contribution >= 0.6 is 35.0 Å². The van der Waals surface area contributed by atoms with Crippen LogP contribution in [0.15, 0.2) is 69.2 Å². The number of amides is 1. The van der Waals surface area contributed by atoms with Gasteiger partial charge in [0.05, 0.1) is 27.1 Å². The van der Waals surface area contributed by atoms with Gasteiger partial charge >= 0.3 is 6.18 Å². The summed E-state index contributed by atoms with van der Waals surface area (Å²) in [5.74, 6) is 0.636. The second-order valence-corrected chi connectivity index (χ2v) is 8.95. The molecule has 2 heterocycles. The average Bonchev–Trinajstić information content (AvgIpc) is 3.36. The van der Waals surface area contributed by atoms with E-state index in [4.69, 9.17) is 27.6 Å². The van der Waals surface area contributed by atoms with E-state index in [1.165, 1.54) is 18.3 Å². The van der Waals surface area contributed by atoms with Crippen LogP contribution in [0.5, 0.6) is 0 Å². The second kappa shape index (κ2) is 9.62. The van der Waals surface area contributed by atoms with Gasteiger partial charge in [0.25, 0.3) is 0 Å². The maximum absolute atomic E-state index is 13.1. The van der Waals surface area contributed by atoms with Crippen LogP contribution < -0.4 is 5.32 Å². The van der Waals surface area contributed by atoms with E-state index in [0.717, 1.165) is 23.4 Å². The normalized spacial score (nSPS) is 17.8. The predicted octanol–water partition coefficient (Wildman–Crippen LogP) is 6.44. The SMILES string of the molecule is O=C1N/C(=N\N=C\c2ccc(-c3ccccc3Cl)o2)SC1Cc1ccc(Cl)c(C(F)(F)F)c1. The number of hydrogen-bond donors (Lipinski definition) is 1. The van der Waals surface area contributed by atoms with E-state index in [9.17, 15) is 18.0 Å². The van der Waals surface area contributed by atoms with Gasteiger partial charge in [-0.05, 0) is 48.4 Å². The van der Waals surface area contributed by atoms with Gasteiger partial charge in [0.2, 0.25) is 5.91 Å². The van der Waals surface area contributed by atoms with Gasteiger partial charge in [0.1, 0.15) is 11.5 Å². The number of hydrogen-bond acceptors (Lipinski definition) is 5. The smallest absolute Gasteiger partial charge is 0.417 e. The summed E-state index contributed by atoms with van der Waals surface area (Å²) in [7, 11) is 0. The van der Waals surface area contributed by atoms with E-state index in [1.807, 2.05) is 18.2 Å². The molecule has 1 unspecified atom stereocenters. The minimum atomic E-state index is -4.57. The van der Waals surface area contributed by atoms with Gasteiger partial charge in [0, 0.05) is 5.56 Å². The topological polar surface area (TPSA) is 67.0 Å². The summed E-state index contributed by atoms with van der Waals surface area (Å²) in [6.07, 6.45) is -3.11. The monoisotopic (exact) mass is 511 g/mol. The maximum atomic E-state index is 13.1. The van der Waals surface area contributed by atoms with Gasteiger partial charge in [-0.15, -0.1) is 5.10 Å². The van der Waals surface area contributed by atoms with Crippen LogP contribution in [-0.2, 0) is 17.4 Å². The Bertz CT molecular complexity index is 1260. The quantitative estimate of drug-likeness (QED) is 0.316. The molecule has 4 rings (SSSR count). The van der Waals surface area contributed by atoms with Crippen LogP contribution in [0.1, 0.15) is 16.9 Å². The Morgan fingerprint density at radius 1 is 1.09 bits per heavy atom. The van der Waals surface area contributed by atoms with E-state index in [-0.39, 0.29) is 22.5 Å². The number of carbonyl (C=O) groups is 1. The van der Waals surface area contributed by atoms with Crippen molar-refractivity contribution in [3.05, 3.63) is 81.5 Å². The fourth-order valence-corrected chi connectivity index (χ4v) is 4.50. The molecule has 5 nitrogen and oxygen atoms in total. The lowest BCUT2D eigenvalue weighted by molar-refractivity contribution is -0.137. The summed E-state index contributed by atoms with van der Waals surface area (Å²) in [6, 6.07) is 14.3. The molecule has 1 aromatic heterocycles. The molecule has 0 spiro atoms. The van der Waals surface area contributed by atoms with Crippen molar-refractivity contribution in [1.82, 2.24) is 5.32 Å². The zero-order valence-corrected chi connectivity index (χ0v) is 18.9. The van der Waals surface area contributed by atoms with Gasteiger partial charge in [-0.1, -0.05) is 53.2 Å². The molecule has 11 heteroatoms. The number of carbonyl (C=O) groups excluding carboxylic acids is 1. The highest BCUT2D eigenvalue weighted by Crippen LogP contribution is 2.36. The Hall–Kier alpha value is -2.75. The first-order valence-electron chi connectivity index (χ1n) is 9.49. The van der Waals surface area contributed by atoms with Crippen molar-refractivity contribution in [2.75, 3.05) is 0 Å². The summed E-state index contributed by atoms with van der Waals surface area (Å²) in [6.45, 7) is 0. The van der Waals surface area contributed by atoms with Crippen molar-refractivity contribution in [2.24, 2.45) is 10.2 Å². The number of nitrogens with zero attached hydrogens (tertiary/aromatic N) is 2. The van der Waals surface area contributed by atoms with Crippen LogP contribution in [0.4, 0.5) is 13.2 Å². The molecule has 3 aromatic rings. The predicted molar refractivity (Wildman–Crippen MR) is 124 cm³/mol. The Labute approximate surface area is 200 Å². The molecule has 0 radical (unpaired) electrons. The number of amidine groups is 1. The number of rotatable bonds is 5. The molecule has 1 aliphatic rings. The lowest BCUT2D eigenvalue weighted by atomic mass is 10.1. The van der Waals surface area contributed by atoms with Crippen LogP contribution in [0.25, 0.3) is 11.3 Å². The van der Waals surface area contributed by atoms with Gasteiger partial charge in [-0.2, -0.15) is 18.3 Å². The van der Waals surface area contributed by atoms with Gasteiger partial charge in [-0.3, -0.25) is 4.79 Å². The third-order valence-corrected chi connectivity index (χ3v) is 6.36. The second-order valence-electron chi connectivity index (χ2n) is 6.94. The van der Waals surface area contributed by atoms with Crippen LogP contribution in [0, 0.1) is 0 Å². The first kappa shape index (κ1) is 23.4. The number of benzene rings is 2. The molecular weight excluding hydrogens is 498 g/mol. The number of nitrogens with one attached hydrogen (secondary N) is 1. The summed E-state index contributed by atoms with van der Waals surface area (Å²) < 4.78 is 44.9. The lowest BCUT2D eigenvalue weighted by Gasteiger charge is -2.12. The molecule has 0 saturated carbocycles. The van der Waals surface area contributed by atoms with Crippen LogP contribution in [-0.4, -0.2) is 22.5 Å². The first-order valence-corrected chi connectivity index (χ1v) is 11.1. The number of furan rings is 1. The maximum Gasteiger partial charge on any atom is 0.417 e. The van der Waals surface area contributed by atoms with Gasteiger partial charge in [-0.25, -0.2) is 0 Å². The Morgan fingerprint density at radius 3 is 2.64 bits per heavy atom. The van der Waals surface area contributed by atoms with Crippen LogP contribution in [0.2, 0.25) is 10.0 Å². The third kappa shape index (κ3) is 5.61. The highest BCUT2D eigenvalue weighted by Gasteiger charge is 2.35. The number of alkyl halides is 3. The Kier molecular flexibility index (Phi) is 6.83. The highest BCUT2D eigenvalue weighted by molar-refractivity contribution is 8.15. The zero-order valence-electron chi connectivity index (χ0n) is 16.6. The summed E-state index contributed by atoms with van der Waals surface area (Å²) >= 11 is 12.9. The van der Waals surface area contributed by atoms with Crippen LogP contribution in [0.3, 0.4) is 0 Å². The van der Waals surface area contributed by atoms with Crippen molar-refractivity contribution < 1.29 is 22.4 Å². The summed E-state index contributed by atoms with van der Waals surface area (Å²) in [5.41, 5.74) is 0.146. The molecule has 1 atom stereocenters. The molecule has 0 aliphatic carbocycles. The fourth-order valence-electron chi connectivity index (χ4n) is 3.08. The molecule has 0 bridgehead atoms. The molecular formula is C22H14Cl2F3N3O2S. The van der Waals surface area contributed by atoms with Crippen molar-refractivity contribution in [3.8, 4) is 11.3 Å². The highest BCUT2D eigenvalue weighted by atomic mass is 35.5. The minimum Gasteiger partial charge on any atom is -0.455 e. The fraction of sp³-hybridized carbons (Fsp3) is 0.136. The molecule has 33 heavy (non-hydrogen) atoms. The lowest BCUT2D eigenvalue weighted by Crippen LogP contribution is -2.26. The zero-order chi connectivity index (χ0) is 23.6. The minimum absolute atomic E-state index is 0.0822. The Balaban J connectivity index is 1.41. The number of thioether (sulfide) groups is 1. The van der Waals surface area contributed by atoms with Gasteiger partial charge in [0.15, 0.2) is 5.17 Å². The number of halogens is 5. The molecule has 170 valence electrons. The molecule has 1 amide bonds. The van der Waals surface area contributed by atoms with Crippen molar-refractivity contribution in [1.29, 1.82) is 0 Å². The standard InChI is InChI=1S/C22H14Cl2F3N3O2S/c23-16-4-2-1-3-14(16)18-8-6-13(32-18)11-28-30-21-29-20(31)19(33-21)10-12-5-7-17(24)15(9-12)22(25,26)27/h1-9,11,19H,10H2,(H,29,30,31)/b28-11+. The van der Waals surface area contributed by atoms with Gasteiger partial charge < -0.3 is 9.73 Å². The van der Waals surface area contributed by atoms with Crippen molar-refractivity contribution in [2.45, 2.75) is 17.8 Å². The molecule has 2 aromatic carbocycles. The van der Waals surface area contributed by atoms with E-state index < -0.39 is 17.0 Å². The van der Waals surface area contributed by atoms with E-state index >= 15 is 0 Å². The Morgan fingerprint density at radius 2 is 1.88 bits per heavy atom. The van der Waals surface area contributed by atoms with E-state index in [0.29, 0.717) is 22.1 Å². The first-order chi connectivity index (χ1) is 15.7. The van der Waals surface area contributed by atoms with E-state index in [1.54, 1.807) is 18.2 Å². The third-order valence-electron chi connectivity index (χ3n) is 4.63. The summed E-state index contributed by atoms with van der Waals surface area (Å²) in [5, 5.41) is 10.2. The van der Waals surface area contributed by atoms with Crippen molar-refractivity contribution >= 4 is 52.3 Å². The molecule has 1 aliphatic heterocycles. The molecule has 1 N–H and O–H groups in total. The average molecular weight is 512 g/mol. The van der Waals surface area contributed by atoms with E-state index in [2.05, 4.69) is 15.5 Å². The molecule has 1 saturated heterocycles. The summed E-state index contributed by atoms with van der Waals surface area (Å²) in [4.78, 5) is 12.2. The molecule has 1 fully saturated rings.